The number of anilines is 1. The number of carbonyl (C=O) groups excluding carboxylic acids is 1. The highest BCUT2D eigenvalue weighted by atomic mass is 16.1. The third-order valence-corrected chi connectivity index (χ3v) is 3.95. The first-order chi connectivity index (χ1) is 9.22. The molecule has 0 bridgehead atoms. The van der Waals surface area contributed by atoms with Crippen LogP contribution in [-0.4, -0.2) is 11.9 Å². The van der Waals surface area contributed by atoms with Gasteiger partial charge in [-0.25, -0.2) is 0 Å². The van der Waals surface area contributed by atoms with Crippen LogP contribution in [0, 0.1) is 5.92 Å². The van der Waals surface area contributed by atoms with E-state index in [1.165, 1.54) is 5.56 Å². The van der Waals surface area contributed by atoms with E-state index in [1.54, 1.807) is 0 Å². The highest BCUT2D eigenvalue weighted by Gasteiger charge is 2.28. The zero-order valence-corrected chi connectivity index (χ0v) is 11.7. The smallest absolute Gasteiger partial charge is 0.229 e. The number of hydrogen-bond acceptors (Lipinski definition) is 2. The molecule has 3 heteroatoms. The number of amides is 1. The van der Waals surface area contributed by atoms with Crippen molar-refractivity contribution >= 4 is 11.6 Å². The van der Waals surface area contributed by atoms with Crippen molar-refractivity contribution in [2.45, 2.75) is 51.5 Å². The van der Waals surface area contributed by atoms with Crippen molar-refractivity contribution in [2.24, 2.45) is 11.7 Å². The lowest BCUT2D eigenvalue weighted by molar-refractivity contribution is -0.121. The van der Waals surface area contributed by atoms with E-state index in [-0.39, 0.29) is 17.9 Å². The number of nitrogens with two attached hydrogens (primary N) is 1. The van der Waals surface area contributed by atoms with Gasteiger partial charge in [-0.15, -0.1) is 0 Å². The van der Waals surface area contributed by atoms with Crippen molar-refractivity contribution in [3.63, 3.8) is 0 Å². The first-order valence-corrected chi connectivity index (χ1v) is 7.36. The second kappa shape index (κ2) is 6.71. The lowest BCUT2D eigenvalue weighted by Crippen LogP contribution is -2.40. The zero-order valence-electron chi connectivity index (χ0n) is 11.7. The maximum Gasteiger partial charge on any atom is 0.229 e. The molecule has 0 heterocycles. The van der Waals surface area contributed by atoms with Crippen LogP contribution < -0.4 is 11.1 Å². The van der Waals surface area contributed by atoms with Crippen molar-refractivity contribution in [1.82, 2.24) is 0 Å². The average molecular weight is 260 g/mol. The minimum absolute atomic E-state index is 0.0205. The molecule has 1 aromatic carbocycles. The van der Waals surface area contributed by atoms with Crippen molar-refractivity contribution in [3.05, 3.63) is 29.8 Å². The van der Waals surface area contributed by atoms with Gasteiger partial charge in [0.2, 0.25) is 5.91 Å². The summed E-state index contributed by atoms with van der Waals surface area (Å²) in [6.45, 7) is 2.15. The quantitative estimate of drug-likeness (QED) is 0.874. The topological polar surface area (TPSA) is 55.1 Å². The minimum atomic E-state index is -0.0246. The molecule has 0 aromatic heterocycles. The van der Waals surface area contributed by atoms with E-state index in [0.717, 1.165) is 44.2 Å². The Morgan fingerprint density at radius 3 is 2.79 bits per heavy atom. The van der Waals surface area contributed by atoms with Crippen LogP contribution in [0.15, 0.2) is 24.3 Å². The Labute approximate surface area is 115 Å². The molecule has 3 N–H and O–H groups in total. The van der Waals surface area contributed by atoms with Gasteiger partial charge in [0.05, 0.1) is 5.92 Å². The maximum absolute atomic E-state index is 12.3. The van der Waals surface area contributed by atoms with Crippen LogP contribution in [0.5, 0.6) is 0 Å². The summed E-state index contributed by atoms with van der Waals surface area (Å²) in [5.41, 5.74) is 8.23. The highest BCUT2D eigenvalue weighted by molar-refractivity contribution is 5.93. The number of rotatable bonds is 4. The summed E-state index contributed by atoms with van der Waals surface area (Å²) in [4.78, 5) is 12.3. The number of aryl methyl sites for hydroxylation is 1. The van der Waals surface area contributed by atoms with Crippen LogP contribution in [0.2, 0.25) is 0 Å². The average Bonchev–Trinajstić information content (AvgIpc) is 2.41. The van der Waals surface area contributed by atoms with Crippen molar-refractivity contribution in [2.75, 3.05) is 5.32 Å². The van der Waals surface area contributed by atoms with Gasteiger partial charge in [0, 0.05) is 11.7 Å². The Balaban J connectivity index is 2.05. The van der Waals surface area contributed by atoms with E-state index < -0.39 is 0 Å². The molecule has 3 nitrogen and oxygen atoms in total. The lowest BCUT2D eigenvalue weighted by Gasteiger charge is -2.27. The van der Waals surface area contributed by atoms with Crippen molar-refractivity contribution < 1.29 is 4.79 Å². The second-order valence-electron chi connectivity index (χ2n) is 5.45. The number of para-hydroxylation sites is 1. The Morgan fingerprint density at radius 1 is 1.32 bits per heavy atom. The molecule has 2 unspecified atom stereocenters. The van der Waals surface area contributed by atoms with Crippen LogP contribution in [-0.2, 0) is 11.2 Å². The van der Waals surface area contributed by atoms with Gasteiger partial charge < -0.3 is 11.1 Å². The molecule has 1 amide bonds. The van der Waals surface area contributed by atoms with Crippen LogP contribution in [0.3, 0.4) is 0 Å². The van der Waals surface area contributed by atoms with E-state index in [0.29, 0.717) is 0 Å². The van der Waals surface area contributed by atoms with Gasteiger partial charge in [-0.3, -0.25) is 4.79 Å². The van der Waals surface area contributed by atoms with Gasteiger partial charge in [0.1, 0.15) is 0 Å². The molecule has 0 radical (unpaired) electrons. The maximum atomic E-state index is 12.3. The molecular formula is C16H24N2O. The van der Waals surface area contributed by atoms with Gasteiger partial charge in [-0.2, -0.15) is 0 Å². The number of hydrogen-bond donors (Lipinski definition) is 2. The van der Waals surface area contributed by atoms with E-state index >= 15 is 0 Å². The SMILES string of the molecule is CCCc1ccccc1NC(=O)C1CCCCC1N. The molecule has 0 aliphatic heterocycles. The molecule has 104 valence electrons. The van der Waals surface area contributed by atoms with Crippen LogP contribution in [0.1, 0.15) is 44.6 Å². The number of carbonyl (C=O) groups is 1. The Bertz CT molecular complexity index is 431. The normalized spacial score (nSPS) is 23.1. The Morgan fingerprint density at radius 2 is 2.05 bits per heavy atom. The molecule has 1 aliphatic carbocycles. The van der Waals surface area contributed by atoms with Gasteiger partial charge in [-0.1, -0.05) is 44.4 Å². The van der Waals surface area contributed by atoms with Gasteiger partial charge in [-0.05, 0) is 30.9 Å². The van der Waals surface area contributed by atoms with Gasteiger partial charge in [0.15, 0.2) is 0 Å². The zero-order chi connectivity index (χ0) is 13.7. The summed E-state index contributed by atoms with van der Waals surface area (Å²) >= 11 is 0. The first-order valence-electron chi connectivity index (χ1n) is 7.36. The van der Waals surface area contributed by atoms with E-state index in [1.807, 2.05) is 18.2 Å². The summed E-state index contributed by atoms with van der Waals surface area (Å²) in [5, 5.41) is 3.08. The number of benzene rings is 1. The molecule has 0 saturated heterocycles. The molecule has 19 heavy (non-hydrogen) atoms. The van der Waals surface area contributed by atoms with Crippen molar-refractivity contribution in [1.29, 1.82) is 0 Å². The van der Waals surface area contributed by atoms with Crippen LogP contribution >= 0.6 is 0 Å². The Hall–Kier alpha value is -1.35. The van der Waals surface area contributed by atoms with E-state index in [4.69, 9.17) is 5.73 Å². The largest absolute Gasteiger partial charge is 0.327 e. The molecule has 1 saturated carbocycles. The summed E-state index contributed by atoms with van der Waals surface area (Å²) < 4.78 is 0. The minimum Gasteiger partial charge on any atom is -0.327 e. The standard InChI is InChI=1S/C16H24N2O/c1-2-7-12-8-3-6-11-15(12)18-16(19)13-9-4-5-10-14(13)17/h3,6,8,11,13-14H,2,4-5,7,9-10,17H2,1H3,(H,18,19). The fourth-order valence-corrected chi connectivity index (χ4v) is 2.84. The van der Waals surface area contributed by atoms with Crippen LogP contribution in [0.4, 0.5) is 5.69 Å². The first kappa shape index (κ1) is 14.1. The summed E-state index contributed by atoms with van der Waals surface area (Å²) in [6, 6.07) is 8.08. The molecular weight excluding hydrogens is 236 g/mol. The third kappa shape index (κ3) is 3.57. The van der Waals surface area contributed by atoms with Gasteiger partial charge >= 0.3 is 0 Å². The fourth-order valence-electron chi connectivity index (χ4n) is 2.84. The van der Waals surface area contributed by atoms with Crippen molar-refractivity contribution in [3.8, 4) is 0 Å². The van der Waals surface area contributed by atoms with Crippen LogP contribution in [0.25, 0.3) is 0 Å². The fraction of sp³-hybridized carbons (Fsp3) is 0.562. The molecule has 1 aromatic rings. The lowest BCUT2D eigenvalue weighted by atomic mass is 9.84. The highest BCUT2D eigenvalue weighted by Crippen LogP contribution is 2.25. The summed E-state index contributed by atoms with van der Waals surface area (Å²) in [6.07, 6.45) is 6.22. The van der Waals surface area contributed by atoms with E-state index in [2.05, 4.69) is 18.3 Å². The number of nitrogens with one attached hydrogen (secondary N) is 1. The molecule has 2 atom stereocenters. The summed E-state index contributed by atoms with van der Waals surface area (Å²) in [7, 11) is 0. The predicted octanol–water partition coefficient (Wildman–Crippen LogP) is 3.10. The molecule has 1 fully saturated rings. The molecule has 2 rings (SSSR count). The molecule has 1 aliphatic rings. The predicted molar refractivity (Wildman–Crippen MR) is 79.0 cm³/mol. The van der Waals surface area contributed by atoms with Gasteiger partial charge in [0.25, 0.3) is 0 Å². The third-order valence-electron chi connectivity index (χ3n) is 3.95. The van der Waals surface area contributed by atoms with E-state index in [9.17, 15) is 4.79 Å². The monoisotopic (exact) mass is 260 g/mol. The Kier molecular flexibility index (Phi) is 4.97. The molecule has 0 spiro atoms. The summed E-state index contributed by atoms with van der Waals surface area (Å²) in [5.74, 6) is 0.0687. The second-order valence-corrected chi connectivity index (χ2v) is 5.45.